The van der Waals surface area contributed by atoms with E-state index in [-0.39, 0.29) is 46.1 Å². The fourth-order valence-corrected chi connectivity index (χ4v) is 8.13. The number of sulfonamides is 1. The van der Waals surface area contributed by atoms with Gasteiger partial charge < -0.3 is 15.0 Å². The predicted octanol–water partition coefficient (Wildman–Crippen LogP) is 7.77. The van der Waals surface area contributed by atoms with Crippen LogP contribution in [0.4, 0.5) is 11.4 Å². The van der Waals surface area contributed by atoms with E-state index in [1.54, 1.807) is 18.2 Å². The molecule has 1 aliphatic carbocycles. The Balaban J connectivity index is 1.65. The maximum Gasteiger partial charge on any atom is 0.273 e. The van der Waals surface area contributed by atoms with Gasteiger partial charge in [-0.25, -0.2) is 8.42 Å². The van der Waals surface area contributed by atoms with Gasteiger partial charge in [-0.05, 0) is 67.3 Å². The molecule has 1 unspecified atom stereocenters. The van der Waals surface area contributed by atoms with Crippen molar-refractivity contribution < 1.29 is 27.7 Å². The maximum atomic E-state index is 14.8. The molecule has 1 fully saturated rings. The molecule has 274 valence electrons. The summed E-state index contributed by atoms with van der Waals surface area (Å²) in [5, 5.41) is 15.6. The number of halogens is 3. The van der Waals surface area contributed by atoms with Crippen LogP contribution in [0.2, 0.25) is 15.1 Å². The lowest BCUT2D eigenvalue weighted by Gasteiger charge is -2.34. The smallest absolute Gasteiger partial charge is 0.273 e. The average molecular weight is 788 g/mol. The monoisotopic (exact) mass is 786 g/mol. The van der Waals surface area contributed by atoms with Crippen molar-refractivity contribution in [2.75, 3.05) is 18.0 Å². The van der Waals surface area contributed by atoms with Gasteiger partial charge in [0.2, 0.25) is 11.8 Å². The Kier molecular flexibility index (Phi) is 12.7. The normalized spacial score (nSPS) is 13.7. The van der Waals surface area contributed by atoms with Crippen LogP contribution in [0.1, 0.15) is 42.4 Å². The van der Waals surface area contributed by atoms with Gasteiger partial charge >= 0.3 is 0 Å². The summed E-state index contributed by atoms with van der Waals surface area (Å²) in [6.07, 6.45) is 3.64. The molecule has 0 saturated heterocycles. The summed E-state index contributed by atoms with van der Waals surface area (Å²) in [6, 6.07) is 20.6. The number of amides is 2. The van der Waals surface area contributed by atoms with Crippen LogP contribution in [-0.4, -0.2) is 55.8 Å². The molecule has 5 rings (SSSR count). The van der Waals surface area contributed by atoms with Crippen molar-refractivity contribution in [3.05, 3.63) is 127 Å². The first-order valence-electron chi connectivity index (χ1n) is 16.5. The third-order valence-corrected chi connectivity index (χ3v) is 11.7. The number of benzene rings is 4. The standard InChI is InChI=1S/C37H37Cl3N4O7S/c1-24-12-15-29(21-32(24)44(47)48)52(49,50)43(33-20-27(38)14-17-35(33)51-2)23-36(45)42(22-26-13-16-30(39)31(40)18-26)34(19-25-8-4-3-5-9-25)37(46)41-28-10-6-7-11-28/h3-5,8-9,12-18,20-21,28,34H,6-7,10-11,19,22-23H2,1-2H3,(H,41,46). The Bertz CT molecular complexity index is 2060. The first kappa shape index (κ1) is 38.9. The lowest BCUT2D eigenvalue weighted by Crippen LogP contribution is -2.54. The van der Waals surface area contributed by atoms with Gasteiger partial charge in [-0.15, -0.1) is 0 Å². The zero-order valence-corrected chi connectivity index (χ0v) is 31.5. The molecule has 0 aliphatic heterocycles. The molecule has 0 spiro atoms. The second-order valence-electron chi connectivity index (χ2n) is 12.5. The van der Waals surface area contributed by atoms with E-state index in [0.29, 0.717) is 10.6 Å². The van der Waals surface area contributed by atoms with Crippen LogP contribution in [0.5, 0.6) is 5.75 Å². The molecule has 1 saturated carbocycles. The highest BCUT2D eigenvalue weighted by atomic mass is 35.5. The van der Waals surface area contributed by atoms with Gasteiger partial charge in [0.1, 0.15) is 18.3 Å². The van der Waals surface area contributed by atoms with Gasteiger partial charge in [-0.2, -0.15) is 0 Å². The third kappa shape index (κ3) is 9.16. The number of ether oxygens (including phenoxy) is 1. The molecule has 52 heavy (non-hydrogen) atoms. The van der Waals surface area contributed by atoms with Gasteiger partial charge in [-0.3, -0.25) is 24.0 Å². The Labute approximate surface area is 317 Å². The van der Waals surface area contributed by atoms with E-state index in [1.165, 1.54) is 49.3 Å². The number of aryl methyl sites for hydroxylation is 1. The molecule has 0 heterocycles. The molecule has 2 amide bonds. The highest BCUT2D eigenvalue weighted by Gasteiger charge is 2.37. The minimum Gasteiger partial charge on any atom is -0.495 e. The summed E-state index contributed by atoms with van der Waals surface area (Å²) in [7, 11) is -3.38. The second kappa shape index (κ2) is 17.0. The first-order chi connectivity index (χ1) is 24.8. The fraction of sp³-hybridized carbons (Fsp3) is 0.297. The van der Waals surface area contributed by atoms with Crippen molar-refractivity contribution in [3.63, 3.8) is 0 Å². The van der Waals surface area contributed by atoms with Crippen LogP contribution >= 0.6 is 34.8 Å². The fourth-order valence-electron chi connectivity index (χ4n) is 6.20. The Morgan fingerprint density at radius 1 is 0.942 bits per heavy atom. The minimum atomic E-state index is -4.71. The summed E-state index contributed by atoms with van der Waals surface area (Å²) >= 11 is 18.9. The largest absolute Gasteiger partial charge is 0.495 e. The summed E-state index contributed by atoms with van der Waals surface area (Å²) < 4.78 is 35.4. The van der Waals surface area contributed by atoms with Gasteiger partial charge in [-0.1, -0.05) is 90.1 Å². The SMILES string of the molecule is COc1ccc(Cl)cc1N(CC(=O)N(Cc1ccc(Cl)c(Cl)c1)C(Cc1ccccc1)C(=O)NC1CCCC1)S(=O)(=O)c1ccc(C)c([N+](=O)[O-])c1. The van der Waals surface area contributed by atoms with Crippen molar-refractivity contribution in [2.45, 2.75) is 62.6 Å². The number of carbonyl (C=O) groups excluding carboxylic acids is 2. The van der Waals surface area contributed by atoms with Gasteiger partial charge in [0, 0.05) is 35.7 Å². The summed E-state index contributed by atoms with van der Waals surface area (Å²) in [5.41, 5.74) is 1.05. The molecule has 11 nitrogen and oxygen atoms in total. The van der Waals surface area contributed by atoms with E-state index in [9.17, 15) is 28.1 Å². The summed E-state index contributed by atoms with van der Waals surface area (Å²) in [6.45, 7) is 0.520. The van der Waals surface area contributed by atoms with Gasteiger partial charge in [0.05, 0.1) is 32.7 Å². The van der Waals surface area contributed by atoms with Crippen LogP contribution < -0.4 is 14.4 Å². The molecule has 0 aromatic heterocycles. The van der Waals surface area contributed by atoms with Crippen LogP contribution in [0, 0.1) is 17.0 Å². The third-order valence-electron chi connectivity index (χ3n) is 8.96. The van der Waals surface area contributed by atoms with E-state index in [2.05, 4.69) is 5.32 Å². The van der Waals surface area contributed by atoms with Crippen molar-refractivity contribution in [3.8, 4) is 5.75 Å². The van der Waals surface area contributed by atoms with Gasteiger partial charge in [0.25, 0.3) is 15.7 Å². The van der Waals surface area contributed by atoms with Crippen LogP contribution in [-0.2, 0) is 32.6 Å². The number of methoxy groups -OCH3 is 1. The van der Waals surface area contributed by atoms with Crippen molar-refractivity contribution in [2.24, 2.45) is 0 Å². The zero-order chi connectivity index (χ0) is 37.6. The molecular formula is C37H37Cl3N4O7S. The van der Waals surface area contributed by atoms with Crippen LogP contribution in [0.25, 0.3) is 0 Å². The Hall–Kier alpha value is -4.36. The molecule has 0 radical (unpaired) electrons. The quantitative estimate of drug-likeness (QED) is 0.102. The topological polar surface area (TPSA) is 139 Å². The Morgan fingerprint density at radius 3 is 2.31 bits per heavy atom. The van der Waals surface area contributed by atoms with E-state index < -0.39 is 49.9 Å². The average Bonchev–Trinajstić information content (AvgIpc) is 3.63. The first-order valence-corrected chi connectivity index (χ1v) is 19.0. The number of nitrogens with zero attached hydrogens (tertiary/aromatic N) is 3. The lowest BCUT2D eigenvalue weighted by atomic mass is 10.0. The van der Waals surface area contributed by atoms with E-state index in [4.69, 9.17) is 39.5 Å². The number of nitro benzene ring substituents is 1. The molecule has 15 heteroatoms. The summed E-state index contributed by atoms with van der Waals surface area (Å²) in [5.74, 6) is -1.08. The molecule has 0 bridgehead atoms. The molecule has 1 N–H and O–H groups in total. The number of anilines is 1. The number of carbonyl (C=O) groups is 2. The van der Waals surface area contributed by atoms with E-state index in [1.807, 2.05) is 30.3 Å². The second-order valence-corrected chi connectivity index (χ2v) is 15.6. The van der Waals surface area contributed by atoms with Crippen molar-refractivity contribution >= 4 is 68.0 Å². The molecular weight excluding hydrogens is 751 g/mol. The predicted molar refractivity (Wildman–Crippen MR) is 202 cm³/mol. The van der Waals surface area contributed by atoms with E-state index >= 15 is 0 Å². The number of hydrogen-bond donors (Lipinski definition) is 1. The summed E-state index contributed by atoms with van der Waals surface area (Å²) in [4.78, 5) is 41.1. The maximum absolute atomic E-state index is 14.8. The number of nitrogens with one attached hydrogen (secondary N) is 1. The molecule has 4 aromatic rings. The number of hydrogen-bond acceptors (Lipinski definition) is 7. The number of rotatable bonds is 14. The van der Waals surface area contributed by atoms with E-state index in [0.717, 1.165) is 41.6 Å². The van der Waals surface area contributed by atoms with Crippen LogP contribution in [0.3, 0.4) is 0 Å². The zero-order valence-electron chi connectivity index (χ0n) is 28.4. The van der Waals surface area contributed by atoms with Gasteiger partial charge in [0.15, 0.2) is 0 Å². The highest BCUT2D eigenvalue weighted by molar-refractivity contribution is 7.92. The highest BCUT2D eigenvalue weighted by Crippen LogP contribution is 2.36. The van der Waals surface area contributed by atoms with Crippen LogP contribution in [0.15, 0.2) is 89.8 Å². The molecule has 1 atom stereocenters. The number of nitro groups is 1. The van der Waals surface area contributed by atoms with Crippen molar-refractivity contribution in [1.82, 2.24) is 10.2 Å². The minimum absolute atomic E-state index is 0.0678. The van der Waals surface area contributed by atoms with Crippen molar-refractivity contribution in [1.29, 1.82) is 0 Å². The Morgan fingerprint density at radius 2 is 1.65 bits per heavy atom. The lowest BCUT2D eigenvalue weighted by molar-refractivity contribution is -0.385. The molecule has 4 aromatic carbocycles. The molecule has 1 aliphatic rings.